The molecular formula is C18H27N3O2. The molecule has 0 atom stereocenters. The van der Waals surface area contributed by atoms with Crippen molar-refractivity contribution in [2.75, 3.05) is 40.0 Å². The van der Waals surface area contributed by atoms with Crippen molar-refractivity contribution in [3.05, 3.63) is 29.8 Å². The smallest absolute Gasteiger partial charge is 0.191 e. The first-order valence-corrected chi connectivity index (χ1v) is 8.51. The highest BCUT2D eigenvalue weighted by atomic mass is 16.5. The van der Waals surface area contributed by atoms with Crippen molar-refractivity contribution in [3.8, 4) is 5.75 Å². The Morgan fingerprint density at radius 3 is 2.74 bits per heavy atom. The minimum Gasteiger partial charge on any atom is -0.497 e. The van der Waals surface area contributed by atoms with Crippen molar-refractivity contribution in [1.82, 2.24) is 4.90 Å². The Balaban J connectivity index is 1.77. The summed E-state index contributed by atoms with van der Waals surface area (Å²) in [6.07, 6.45) is 4.84. The topological polar surface area (TPSA) is 60.1 Å². The van der Waals surface area contributed by atoms with E-state index in [0.29, 0.717) is 5.96 Å². The number of aliphatic imine (C=N–C) groups is 1. The summed E-state index contributed by atoms with van der Waals surface area (Å²) in [5, 5.41) is 0. The minimum atomic E-state index is 0.103. The molecule has 0 bridgehead atoms. The highest BCUT2D eigenvalue weighted by molar-refractivity contribution is 5.78. The van der Waals surface area contributed by atoms with Crippen molar-refractivity contribution < 1.29 is 9.47 Å². The Morgan fingerprint density at radius 2 is 2.04 bits per heavy atom. The van der Waals surface area contributed by atoms with Crippen molar-refractivity contribution in [3.63, 3.8) is 0 Å². The molecule has 1 saturated carbocycles. The second kappa shape index (κ2) is 7.21. The number of ether oxygens (including phenoxy) is 2. The largest absolute Gasteiger partial charge is 0.497 e. The summed E-state index contributed by atoms with van der Waals surface area (Å²) < 4.78 is 10.8. The summed E-state index contributed by atoms with van der Waals surface area (Å²) >= 11 is 0. The number of benzene rings is 1. The lowest BCUT2D eigenvalue weighted by atomic mass is 9.79. The van der Waals surface area contributed by atoms with Gasteiger partial charge >= 0.3 is 0 Å². The maximum atomic E-state index is 6.22. The van der Waals surface area contributed by atoms with Gasteiger partial charge in [0.2, 0.25) is 0 Å². The van der Waals surface area contributed by atoms with E-state index in [1.165, 1.54) is 31.2 Å². The quantitative estimate of drug-likeness (QED) is 0.683. The van der Waals surface area contributed by atoms with E-state index in [0.717, 1.165) is 38.6 Å². The maximum absolute atomic E-state index is 6.22. The van der Waals surface area contributed by atoms with Crippen LogP contribution in [0, 0.1) is 0 Å². The van der Waals surface area contributed by atoms with Crippen molar-refractivity contribution in [2.24, 2.45) is 10.7 Å². The van der Waals surface area contributed by atoms with Crippen LogP contribution in [0.25, 0.3) is 0 Å². The molecule has 1 saturated heterocycles. The van der Waals surface area contributed by atoms with Crippen molar-refractivity contribution >= 4 is 5.96 Å². The molecular weight excluding hydrogens is 290 g/mol. The Hall–Kier alpha value is -1.75. The SMILES string of the molecule is COc1cccc(C2(CN=C(N)N3CCOCC3)CCCC2)c1. The highest BCUT2D eigenvalue weighted by Gasteiger charge is 2.36. The molecule has 2 aliphatic rings. The van der Waals surface area contributed by atoms with Crippen LogP contribution in [0.1, 0.15) is 31.2 Å². The Morgan fingerprint density at radius 1 is 1.30 bits per heavy atom. The number of nitrogens with two attached hydrogens (primary N) is 1. The average Bonchev–Trinajstić information content (AvgIpc) is 3.11. The summed E-state index contributed by atoms with van der Waals surface area (Å²) in [5.74, 6) is 1.57. The fraction of sp³-hybridized carbons (Fsp3) is 0.611. The van der Waals surface area contributed by atoms with Gasteiger partial charge in [0, 0.05) is 18.5 Å². The molecule has 1 aromatic carbocycles. The van der Waals surface area contributed by atoms with Crippen LogP contribution in [0.2, 0.25) is 0 Å². The lowest BCUT2D eigenvalue weighted by Gasteiger charge is -2.31. The fourth-order valence-electron chi connectivity index (χ4n) is 3.67. The Bertz CT molecular complexity index is 547. The predicted octanol–water partition coefficient (Wildman–Crippen LogP) is 2.15. The standard InChI is InChI=1S/C18H27N3O2/c1-22-16-6-4-5-15(13-16)18(7-2-3-8-18)14-20-17(19)21-9-11-23-12-10-21/h4-6,13H,2-3,7-12,14H2,1H3,(H2,19,20). The second-order valence-electron chi connectivity index (χ2n) is 6.49. The van der Waals surface area contributed by atoms with E-state index in [1.807, 2.05) is 6.07 Å². The third kappa shape index (κ3) is 3.61. The summed E-state index contributed by atoms with van der Waals surface area (Å²) in [4.78, 5) is 6.88. The third-order valence-electron chi connectivity index (χ3n) is 5.12. The van der Waals surface area contributed by atoms with Gasteiger partial charge in [-0.3, -0.25) is 4.99 Å². The average molecular weight is 317 g/mol. The monoisotopic (exact) mass is 317 g/mol. The number of rotatable bonds is 4. The molecule has 1 aliphatic carbocycles. The molecule has 2 N–H and O–H groups in total. The van der Waals surface area contributed by atoms with Crippen LogP contribution in [-0.4, -0.2) is 50.8 Å². The molecule has 3 rings (SSSR count). The van der Waals surface area contributed by atoms with Gasteiger partial charge in [-0.25, -0.2) is 0 Å². The van der Waals surface area contributed by atoms with Crippen molar-refractivity contribution in [2.45, 2.75) is 31.1 Å². The van der Waals surface area contributed by atoms with Crippen LogP contribution in [0.15, 0.2) is 29.3 Å². The van der Waals surface area contributed by atoms with Crippen molar-refractivity contribution in [1.29, 1.82) is 0 Å². The molecule has 126 valence electrons. The van der Waals surface area contributed by atoms with Crippen LogP contribution in [0.4, 0.5) is 0 Å². The van der Waals surface area contributed by atoms with Gasteiger partial charge in [0.05, 0.1) is 26.9 Å². The second-order valence-corrected chi connectivity index (χ2v) is 6.49. The van der Waals surface area contributed by atoms with Gasteiger partial charge in [-0.05, 0) is 30.5 Å². The predicted molar refractivity (Wildman–Crippen MR) is 92.0 cm³/mol. The lowest BCUT2D eigenvalue weighted by molar-refractivity contribution is 0.0673. The molecule has 1 aliphatic heterocycles. The molecule has 5 heteroatoms. The fourth-order valence-corrected chi connectivity index (χ4v) is 3.67. The normalized spacial score (nSPS) is 21.4. The maximum Gasteiger partial charge on any atom is 0.191 e. The molecule has 1 heterocycles. The van der Waals surface area contributed by atoms with Crippen LogP contribution >= 0.6 is 0 Å². The molecule has 0 unspecified atom stereocenters. The summed E-state index contributed by atoms with van der Waals surface area (Å²) in [7, 11) is 1.72. The molecule has 1 aromatic rings. The summed E-state index contributed by atoms with van der Waals surface area (Å²) in [6.45, 7) is 3.89. The molecule has 2 fully saturated rings. The van der Waals surface area contributed by atoms with E-state index in [2.05, 4.69) is 23.1 Å². The van der Waals surface area contributed by atoms with E-state index >= 15 is 0 Å². The van der Waals surface area contributed by atoms with E-state index in [9.17, 15) is 0 Å². The first-order chi connectivity index (χ1) is 11.2. The number of nitrogens with zero attached hydrogens (tertiary/aromatic N) is 2. The summed E-state index contributed by atoms with van der Waals surface area (Å²) in [6, 6.07) is 8.43. The van der Waals surface area contributed by atoms with Crippen LogP contribution in [0.5, 0.6) is 5.75 Å². The number of morpholine rings is 1. The Labute approximate surface area is 138 Å². The minimum absolute atomic E-state index is 0.103. The zero-order chi connectivity index (χ0) is 16.1. The summed E-state index contributed by atoms with van der Waals surface area (Å²) in [5.41, 5.74) is 7.64. The molecule has 0 aromatic heterocycles. The molecule has 5 nitrogen and oxygen atoms in total. The van der Waals surface area contributed by atoms with E-state index < -0.39 is 0 Å². The zero-order valence-electron chi connectivity index (χ0n) is 14.0. The first-order valence-electron chi connectivity index (χ1n) is 8.51. The van der Waals surface area contributed by atoms with Crippen LogP contribution < -0.4 is 10.5 Å². The van der Waals surface area contributed by atoms with Gasteiger partial charge in [0.1, 0.15) is 5.75 Å². The van der Waals surface area contributed by atoms with Gasteiger partial charge in [0.25, 0.3) is 0 Å². The molecule has 0 amide bonds. The van der Waals surface area contributed by atoms with Gasteiger partial charge in [0.15, 0.2) is 5.96 Å². The third-order valence-corrected chi connectivity index (χ3v) is 5.12. The van der Waals surface area contributed by atoms with E-state index in [4.69, 9.17) is 20.2 Å². The van der Waals surface area contributed by atoms with Crippen LogP contribution in [-0.2, 0) is 10.2 Å². The lowest BCUT2D eigenvalue weighted by Crippen LogP contribution is -2.45. The number of guanidine groups is 1. The number of hydrogen-bond acceptors (Lipinski definition) is 3. The van der Waals surface area contributed by atoms with Gasteiger partial charge in [-0.15, -0.1) is 0 Å². The highest BCUT2D eigenvalue weighted by Crippen LogP contribution is 2.42. The van der Waals surface area contributed by atoms with E-state index in [1.54, 1.807) is 7.11 Å². The molecule has 23 heavy (non-hydrogen) atoms. The Kier molecular flexibility index (Phi) is 5.06. The van der Waals surface area contributed by atoms with Gasteiger partial charge < -0.3 is 20.1 Å². The zero-order valence-corrected chi connectivity index (χ0v) is 14.0. The molecule has 0 spiro atoms. The van der Waals surface area contributed by atoms with E-state index in [-0.39, 0.29) is 5.41 Å². The van der Waals surface area contributed by atoms with Crippen LogP contribution in [0.3, 0.4) is 0 Å². The number of methoxy groups -OCH3 is 1. The number of hydrogen-bond donors (Lipinski definition) is 1. The van der Waals surface area contributed by atoms with Gasteiger partial charge in [-0.1, -0.05) is 25.0 Å². The first kappa shape index (κ1) is 16.1. The van der Waals surface area contributed by atoms with Gasteiger partial charge in [-0.2, -0.15) is 0 Å². The molecule has 0 radical (unpaired) electrons.